The van der Waals surface area contributed by atoms with E-state index in [-0.39, 0.29) is 17.4 Å². The van der Waals surface area contributed by atoms with Crippen molar-refractivity contribution in [3.8, 4) is 17.1 Å². The van der Waals surface area contributed by atoms with Crippen LogP contribution < -0.4 is 10.3 Å². The van der Waals surface area contributed by atoms with Gasteiger partial charge in [0, 0.05) is 17.3 Å². The average molecular weight is 415 g/mol. The summed E-state index contributed by atoms with van der Waals surface area (Å²) in [6, 6.07) is 6.98. The molecule has 0 saturated heterocycles. The van der Waals surface area contributed by atoms with Gasteiger partial charge in [0.25, 0.3) is 5.56 Å². The molecule has 1 aliphatic carbocycles. The molecular weight excluding hydrogens is 388 g/mol. The number of aryl methyl sites for hydroxylation is 2. The van der Waals surface area contributed by atoms with Crippen LogP contribution in [-0.2, 0) is 0 Å². The van der Waals surface area contributed by atoms with Crippen molar-refractivity contribution in [1.29, 1.82) is 0 Å². The highest BCUT2D eigenvalue weighted by atomic mass is 19.3. The van der Waals surface area contributed by atoms with Gasteiger partial charge in [-0.15, -0.1) is 5.10 Å². The number of alkyl halides is 2. The van der Waals surface area contributed by atoms with Crippen LogP contribution in [0.2, 0.25) is 0 Å². The lowest BCUT2D eigenvalue weighted by Gasteiger charge is -2.17. The highest BCUT2D eigenvalue weighted by molar-refractivity contribution is 5.65. The van der Waals surface area contributed by atoms with Crippen LogP contribution in [0.15, 0.2) is 29.1 Å². The van der Waals surface area contributed by atoms with Crippen molar-refractivity contribution in [3.63, 3.8) is 0 Å². The summed E-state index contributed by atoms with van der Waals surface area (Å²) in [5.74, 6) is 0.987. The molecule has 1 aliphatic rings. The predicted octanol–water partition coefficient (Wildman–Crippen LogP) is 5.62. The van der Waals surface area contributed by atoms with E-state index in [2.05, 4.69) is 24.7 Å². The van der Waals surface area contributed by atoms with Crippen LogP contribution in [0.3, 0.4) is 0 Å². The molecule has 2 heterocycles. The lowest BCUT2D eigenvalue weighted by molar-refractivity contribution is -0.0498. The molecule has 0 aliphatic heterocycles. The summed E-state index contributed by atoms with van der Waals surface area (Å²) in [4.78, 5) is 13.7. The molecule has 0 atom stereocenters. The molecule has 1 aromatic carbocycles. The molecule has 1 fully saturated rings. The van der Waals surface area contributed by atoms with E-state index < -0.39 is 6.61 Å². The van der Waals surface area contributed by atoms with E-state index in [1.165, 1.54) is 6.07 Å². The molecule has 5 nitrogen and oxygen atoms in total. The van der Waals surface area contributed by atoms with Crippen LogP contribution in [0.5, 0.6) is 5.75 Å². The van der Waals surface area contributed by atoms with Crippen LogP contribution in [0.4, 0.5) is 8.78 Å². The van der Waals surface area contributed by atoms with Gasteiger partial charge in [-0.3, -0.25) is 9.36 Å². The van der Waals surface area contributed by atoms with E-state index in [1.807, 2.05) is 13.8 Å². The Morgan fingerprint density at radius 3 is 2.43 bits per heavy atom. The maximum Gasteiger partial charge on any atom is 0.387 e. The number of hydrogen-bond donors (Lipinski definition) is 0. The second-order valence-corrected chi connectivity index (χ2v) is 8.10. The first kappa shape index (κ1) is 20.6. The molecule has 1 saturated carbocycles. The molecule has 2 aromatic heterocycles. The minimum absolute atomic E-state index is 0.0233. The van der Waals surface area contributed by atoms with Crippen LogP contribution in [-0.4, -0.2) is 20.8 Å². The molecule has 4 rings (SSSR count). The van der Waals surface area contributed by atoms with E-state index in [1.54, 1.807) is 21.2 Å². The Balaban J connectivity index is 1.95. The zero-order valence-corrected chi connectivity index (χ0v) is 17.8. The molecule has 0 radical (unpaired) electrons. The first-order chi connectivity index (χ1) is 14.3. The van der Waals surface area contributed by atoms with Gasteiger partial charge in [0.2, 0.25) is 0 Å². The molecule has 0 spiro atoms. The smallest absolute Gasteiger partial charge is 0.387 e. The second kappa shape index (κ2) is 7.85. The second-order valence-electron chi connectivity index (χ2n) is 8.10. The fourth-order valence-electron chi connectivity index (χ4n) is 4.31. The first-order valence-corrected chi connectivity index (χ1v) is 10.6. The van der Waals surface area contributed by atoms with Crippen molar-refractivity contribution in [1.82, 2.24) is 14.2 Å². The number of benzene rings is 1. The molecule has 30 heavy (non-hydrogen) atoms. The number of ether oxygens (including phenoxy) is 1. The Kier molecular flexibility index (Phi) is 5.38. The van der Waals surface area contributed by atoms with Gasteiger partial charge in [-0.1, -0.05) is 13.8 Å². The lowest BCUT2D eigenvalue weighted by atomic mass is 9.95. The number of rotatable bonds is 7. The van der Waals surface area contributed by atoms with E-state index in [4.69, 9.17) is 5.10 Å². The van der Waals surface area contributed by atoms with Crippen LogP contribution >= 0.6 is 0 Å². The maximum atomic E-state index is 13.7. The summed E-state index contributed by atoms with van der Waals surface area (Å²) in [5, 5.41) is 4.88. The average Bonchev–Trinajstić information content (AvgIpc) is 3.46. The molecule has 0 N–H and O–H groups in total. The van der Waals surface area contributed by atoms with E-state index in [0.717, 1.165) is 48.1 Å². The van der Waals surface area contributed by atoms with Gasteiger partial charge >= 0.3 is 6.61 Å². The molecule has 0 bridgehead atoms. The predicted molar refractivity (Wildman–Crippen MR) is 113 cm³/mol. The van der Waals surface area contributed by atoms with Gasteiger partial charge in [0.15, 0.2) is 5.82 Å². The minimum atomic E-state index is -2.87. The Labute approximate surface area is 174 Å². The van der Waals surface area contributed by atoms with Crippen LogP contribution in [0.1, 0.15) is 68.3 Å². The third-order valence-corrected chi connectivity index (χ3v) is 6.03. The van der Waals surface area contributed by atoms with Gasteiger partial charge in [0.05, 0.1) is 0 Å². The zero-order chi connectivity index (χ0) is 21.6. The summed E-state index contributed by atoms with van der Waals surface area (Å²) in [7, 11) is 0. The molecular formula is C23H27F2N3O2. The maximum absolute atomic E-state index is 13.7. The van der Waals surface area contributed by atoms with Crippen molar-refractivity contribution in [2.24, 2.45) is 0 Å². The quantitative estimate of drug-likeness (QED) is 0.503. The Hall–Kier alpha value is -2.70. The summed E-state index contributed by atoms with van der Waals surface area (Å²) >= 11 is 0. The van der Waals surface area contributed by atoms with Gasteiger partial charge in [-0.25, -0.2) is 4.52 Å². The first-order valence-electron chi connectivity index (χ1n) is 10.6. The zero-order valence-electron chi connectivity index (χ0n) is 17.8. The Bertz CT molecular complexity index is 1140. The van der Waals surface area contributed by atoms with Crippen molar-refractivity contribution >= 4 is 5.52 Å². The third kappa shape index (κ3) is 3.50. The highest BCUT2D eigenvalue weighted by Crippen LogP contribution is 2.38. The largest absolute Gasteiger partial charge is 0.435 e. The minimum Gasteiger partial charge on any atom is -0.435 e. The SMILES string of the molecule is CCC(CC)c1cc(C)n2nc(-c3ccc(OC(F)F)cc3C)n(C3CC3)c(=O)c12. The summed E-state index contributed by atoms with van der Waals surface area (Å²) in [6.45, 7) is 5.18. The van der Waals surface area contributed by atoms with Crippen molar-refractivity contribution in [2.45, 2.75) is 71.9 Å². The van der Waals surface area contributed by atoms with Crippen molar-refractivity contribution in [3.05, 3.63) is 51.4 Å². The van der Waals surface area contributed by atoms with Crippen molar-refractivity contribution in [2.75, 3.05) is 0 Å². The summed E-state index contributed by atoms with van der Waals surface area (Å²) in [6.07, 6.45) is 3.81. The Morgan fingerprint density at radius 2 is 1.87 bits per heavy atom. The number of aromatic nitrogens is 3. The number of fused-ring (bicyclic) bond motifs is 1. The fourth-order valence-corrected chi connectivity index (χ4v) is 4.31. The molecule has 7 heteroatoms. The number of halogens is 2. The molecule has 160 valence electrons. The third-order valence-electron chi connectivity index (χ3n) is 6.03. The number of nitrogens with zero attached hydrogens (tertiary/aromatic N) is 3. The normalized spacial score (nSPS) is 14.3. The van der Waals surface area contributed by atoms with E-state index >= 15 is 0 Å². The monoisotopic (exact) mass is 415 g/mol. The molecule has 0 unspecified atom stereocenters. The van der Waals surface area contributed by atoms with Crippen molar-refractivity contribution < 1.29 is 13.5 Å². The van der Waals surface area contributed by atoms with Crippen LogP contribution in [0, 0.1) is 13.8 Å². The number of hydrogen-bond acceptors (Lipinski definition) is 3. The van der Waals surface area contributed by atoms with Crippen LogP contribution in [0.25, 0.3) is 16.9 Å². The fraction of sp³-hybridized carbons (Fsp3) is 0.478. The van der Waals surface area contributed by atoms with E-state index in [0.29, 0.717) is 17.3 Å². The van der Waals surface area contributed by atoms with Gasteiger partial charge in [-0.05, 0) is 80.8 Å². The summed E-state index contributed by atoms with van der Waals surface area (Å²) in [5.41, 5.74) is 4.10. The van der Waals surface area contributed by atoms with Gasteiger partial charge in [0.1, 0.15) is 11.3 Å². The van der Waals surface area contributed by atoms with E-state index in [9.17, 15) is 13.6 Å². The standard InChI is InChI=1S/C23H27F2N3O2/c1-5-15(6-2)19-12-14(4)28-20(19)22(29)27(16-7-8-16)21(26-28)18-10-9-17(11-13(18)3)30-23(24)25/h9-12,15-16,23H,5-8H2,1-4H3. The topological polar surface area (TPSA) is 48.5 Å². The molecule has 0 amide bonds. The van der Waals surface area contributed by atoms with Gasteiger partial charge < -0.3 is 4.74 Å². The Morgan fingerprint density at radius 1 is 1.17 bits per heavy atom. The highest BCUT2D eigenvalue weighted by Gasteiger charge is 2.31. The lowest BCUT2D eigenvalue weighted by Crippen LogP contribution is -2.26. The summed E-state index contributed by atoms with van der Waals surface area (Å²) < 4.78 is 33.2. The van der Waals surface area contributed by atoms with Gasteiger partial charge in [-0.2, -0.15) is 8.78 Å². The molecule has 3 aromatic rings.